The van der Waals surface area contributed by atoms with Crippen LogP contribution in [0.4, 0.5) is 0 Å². The third-order valence-electron chi connectivity index (χ3n) is 6.15. The van der Waals surface area contributed by atoms with Crippen molar-refractivity contribution in [3.8, 4) is 0 Å². The average molecular weight is 453 g/mol. The fourth-order valence-corrected chi connectivity index (χ4v) is 4.54. The lowest BCUT2D eigenvalue weighted by Crippen LogP contribution is -2.41. The molecule has 1 atom stereocenters. The highest BCUT2D eigenvalue weighted by atomic mass is 35.5. The number of hydrogen-bond donors (Lipinski definition) is 1. The smallest absolute Gasteiger partial charge is 0.274 e. The zero-order valence-corrected chi connectivity index (χ0v) is 19.1. The number of halogens is 1. The van der Waals surface area contributed by atoms with Crippen molar-refractivity contribution in [2.24, 2.45) is 0 Å². The number of nitrogens with one attached hydrogen (secondary N) is 1. The maximum Gasteiger partial charge on any atom is 0.274 e. The summed E-state index contributed by atoms with van der Waals surface area (Å²) >= 11 is 6.04. The van der Waals surface area contributed by atoms with E-state index in [-0.39, 0.29) is 17.5 Å². The van der Waals surface area contributed by atoms with Crippen molar-refractivity contribution in [2.45, 2.75) is 45.2 Å². The molecule has 6 nitrogen and oxygen atoms in total. The SMILES string of the molecule is CCC(=O)NCCN1CCC[C@@H]1Cn1nc(Cc2ccc(Cl)cc2)c2ccccc2c1=O. The van der Waals surface area contributed by atoms with E-state index in [9.17, 15) is 9.59 Å². The van der Waals surface area contributed by atoms with Crippen LogP contribution in [0.25, 0.3) is 10.8 Å². The van der Waals surface area contributed by atoms with Gasteiger partial charge in [0, 0.05) is 42.4 Å². The van der Waals surface area contributed by atoms with Crippen molar-refractivity contribution < 1.29 is 4.79 Å². The van der Waals surface area contributed by atoms with Gasteiger partial charge in [0.2, 0.25) is 5.91 Å². The molecule has 0 unspecified atom stereocenters. The summed E-state index contributed by atoms with van der Waals surface area (Å²) in [5, 5.41) is 10.1. The fraction of sp³-hybridized carbons (Fsp3) is 0.400. The molecular weight excluding hydrogens is 424 g/mol. The lowest BCUT2D eigenvalue weighted by atomic mass is 10.0. The quantitative estimate of drug-likeness (QED) is 0.566. The van der Waals surface area contributed by atoms with Gasteiger partial charge in [-0.2, -0.15) is 5.10 Å². The molecule has 1 aliphatic heterocycles. The number of aromatic nitrogens is 2. The van der Waals surface area contributed by atoms with Crippen molar-refractivity contribution >= 4 is 28.3 Å². The molecule has 3 aromatic rings. The Labute approximate surface area is 193 Å². The minimum absolute atomic E-state index is 0.0495. The van der Waals surface area contributed by atoms with Gasteiger partial charge in [-0.15, -0.1) is 0 Å². The topological polar surface area (TPSA) is 67.2 Å². The van der Waals surface area contributed by atoms with Gasteiger partial charge in [-0.1, -0.05) is 48.9 Å². The second-order valence-electron chi connectivity index (χ2n) is 8.32. The number of rotatable bonds is 8. The van der Waals surface area contributed by atoms with Crippen LogP contribution in [-0.2, 0) is 17.8 Å². The van der Waals surface area contributed by atoms with Gasteiger partial charge in [0.15, 0.2) is 0 Å². The Hall–Kier alpha value is -2.70. The molecule has 1 aromatic heterocycles. The highest BCUT2D eigenvalue weighted by Crippen LogP contribution is 2.21. The van der Waals surface area contributed by atoms with E-state index in [0.29, 0.717) is 36.3 Å². The molecule has 1 amide bonds. The average Bonchev–Trinajstić information content (AvgIpc) is 3.25. The first kappa shape index (κ1) is 22.5. The van der Waals surface area contributed by atoms with Crippen LogP contribution >= 0.6 is 11.6 Å². The predicted molar refractivity (Wildman–Crippen MR) is 128 cm³/mol. The van der Waals surface area contributed by atoms with Crippen LogP contribution in [0.2, 0.25) is 5.02 Å². The van der Waals surface area contributed by atoms with E-state index in [0.717, 1.165) is 42.6 Å². The summed E-state index contributed by atoms with van der Waals surface area (Å²) in [7, 11) is 0. The molecule has 0 aliphatic carbocycles. The number of carbonyl (C=O) groups excluding carboxylic acids is 1. The van der Waals surface area contributed by atoms with Crippen LogP contribution in [0.3, 0.4) is 0 Å². The molecule has 0 radical (unpaired) electrons. The molecule has 1 saturated heterocycles. The Balaban J connectivity index is 1.58. The normalized spacial score (nSPS) is 16.5. The summed E-state index contributed by atoms with van der Waals surface area (Å²) in [6.07, 6.45) is 3.24. The number of likely N-dealkylation sites (tertiary alicyclic amines) is 1. The van der Waals surface area contributed by atoms with Crippen LogP contribution < -0.4 is 10.9 Å². The molecule has 7 heteroatoms. The van der Waals surface area contributed by atoms with Crippen LogP contribution in [0, 0.1) is 0 Å². The van der Waals surface area contributed by atoms with E-state index < -0.39 is 0 Å². The first-order valence-corrected chi connectivity index (χ1v) is 11.7. The molecule has 2 heterocycles. The molecule has 32 heavy (non-hydrogen) atoms. The van der Waals surface area contributed by atoms with Crippen molar-refractivity contribution in [1.29, 1.82) is 0 Å². The zero-order chi connectivity index (χ0) is 22.5. The third-order valence-corrected chi connectivity index (χ3v) is 6.41. The Morgan fingerprint density at radius 2 is 1.91 bits per heavy atom. The zero-order valence-electron chi connectivity index (χ0n) is 18.4. The van der Waals surface area contributed by atoms with E-state index in [2.05, 4.69) is 10.2 Å². The number of benzene rings is 2. The van der Waals surface area contributed by atoms with Crippen LogP contribution in [0.1, 0.15) is 37.4 Å². The first-order chi connectivity index (χ1) is 15.5. The monoisotopic (exact) mass is 452 g/mol. The van der Waals surface area contributed by atoms with Crippen molar-refractivity contribution in [1.82, 2.24) is 20.0 Å². The van der Waals surface area contributed by atoms with Crippen molar-refractivity contribution in [2.75, 3.05) is 19.6 Å². The van der Waals surface area contributed by atoms with Gasteiger partial charge in [-0.05, 0) is 43.1 Å². The Bertz CT molecular complexity index is 1140. The lowest BCUT2D eigenvalue weighted by molar-refractivity contribution is -0.120. The maximum atomic E-state index is 13.2. The van der Waals surface area contributed by atoms with E-state index in [1.54, 1.807) is 4.68 Å². The Kier molecular flexibility index (Phi) is 7.22. The fourth-order valence-electron chi connectivity index (χ4n) is 4.42. The predicted octanol–water partition coefficient (Wildman–Crippen LogP) is 3.63. The molecular formula is C25H29ClN4O2. The largest absolute Gasteiger partial charge is 0.355 e. The van der Waals surface area contributed by atoms with Gasteiger partial charge in [-0.25, -0.2) is 4.68 Å². The van der Waals surface area contributed by atoms with Gasteiger partial charge in [0.1, 0.15) is 0 Å². The Morgan fingerprint density at radius 3 is 2.66 bits per heavy atom. The molecule has 0 saturated carbocycles. The summed E-state index contributed by atoms with van der Waals surface area (Å²) in [4.78, 5) is 27.1. The molecule has 1 N–H and O–H groups in total. The highest BCUT2D eigenvalue weighted by Gasteiger charge is 2.26. The number of amides is 1. The minimum Gasteiger partial charge on any atom is -0.355 e. The van der Waals surface area contributed by atoms with E-state index in [4.69, 9.17) is 16.7 Å². The van der Waals surface area contributed by atoms with Gasteiger partial charge in [0.25, 0.3) is 5.56 Å². The molecule has 1 aliphatic rings. The second-order valence-corrected chi connectivity index (χ2v) is 8.75. The number of fused-ring (bicyclic) bond motifs is 1. The summed E-state index contributed by atoms with van der Waals surface area (Å²) in [6.45, 7) is 4.81. The van der Waals surface area contributed by atoms with Crippen LogP contribution in [0.5, 0.6) is 0 Å². The summed E-state index contributed by atoms with van der Waals surface area (Å²) in [5.41, 5.74) is 1.94. The Morgan fingerprint density at radius 1 is 1.16 bits per heavy atom. The van der Waals surface area contributed by atoms with E-state index in [1.165, 1.54) is 0 Å². The molecule has 2 aromatic carbocycles. The molecule has 0 spiro atoms. The molecule has 1 fully saturated rings. The second kappa shape index (κ2) is 10.3. The first-order valence-electron chi connectivity index (χ1n) is 11.3. The molecule has 4 rings (SSSR count). The minimum atomic E-state index is -0.0495. The summed E-state index contributed by atoms with van der Waals surface area (Å²) in [6, 6.07) is 15.7. The number of nitrogens with zero attached hydrogens (tertiary/aromatic N) is 3. The molecule has 0 bridgehead atoms. The molecule has 168 valence electrons. The number of carbonyl (C=O) groups is 1. The van der Waals surface area contributed by atoms with Crippen LogP contribution in [0.15, 0.2) is 53.3 Å². The van der Waals surface area contributed by atoms with Crippen molar-refractivity contribution in [3.63, 3.8) is 0 Å². The van der Waals surface area contributed by atoms with Gasteiger partial charge in [0.05, 0.1) is 17.6 Å². The summed E-state index contributed by atoms with van der Waals surface area (Å²) in [5.74, 6) is 0.0694. The number of hydrogen-bond acceptors (Lipinski definition) is 4. The van der Waals surface area contributed by atoms with Crippen LogP contribution in [-0.4, -0.2) is 46.3 Å². The van der Waals surface area contributed by atoms with E-state index in [1.807, 2.05) is 55.5 Å². The maximum absolute atomic E-state index is 13.2. The summed E-state index contributed by atoms with van der Waals surface area (Å²) < 4.78 is 1.64. The standard InChI is InChI=1S/C25H29ClN4O2/c1-2-24(31)27-13-15-29-14-5-6-20(29)17-30-25(32)22-8-4-3-7-21(22)23(28-30)16-18-9-11-19(26)12-10-18/h3-4,7-12,20H,2,5-6,13-17H2,1H3,(H,27,31)/t20-/m1/s1. The highest BCUT2D eigenvalue weighted by molar-refractivity contribution is 6.30. The van der Waals surface area contributed by atoms with Gasteiger partial charge >= 0.3 is 0 Å². The van der Waals surface area contributed by atoms with Gasteiger partial charge in [-0.3, -0.25) is 14.5 Å². The van der Waals surface area contributed by atoms with E-state index >= 15 is 0 Å². The van der Waals surface area contributed by atoms with Crippen molar-refractivity contribution in [3.05, 3.63) is 75.2 Å². The van der Waals surface area contributed by atoms with Gasteiger partial charge < -0.3 is 5.32 Å². The lowest BCUT2D eigenvalue weighted by Gasteiger charge is -2.25. The third kappa shape index (κ3) is 5.19.